The molecule has 0 saturated heterocycles. The van der Waals surface area contributed by atoms with Crippen LogP contribution in [0.3, 0.4) is 0 Å². The third kappa shape index (κ3) is 14.9. The lowest BCUT2D eigenvalue weighted by atomic mass is 10.0. The topological polar surface area (TPSA) is 116 Å². The summed E-state index contributed by atoms with van der Waals surface area (Å²) in [6.45, 7) is 3.32. The number of urea groups is 1. The van der Waals surface area contributed by atoms with Crippen LogP contribution in [0.15, 0.2) is 72.8 Å². The largest absolute Gasteiger partial charge is 0.348 e. The molecule has 0 bridgehead atoms. The average molecular weight is 659 g/mol. The summed E-state index contributed by atoms with van der Waals surface area (Å²) in [6, 6.07) is 21.3. The van der Waals surface area contributed by atoms with Gasteiger partial charge in [-0.2, -0.15) is 0 Å². The van der Waals surface area contributed by atoms with Crippen molar-refractivity contribution in [1.29, 1.82) is 0 Å². The van der Waals surface area contributed by atoms with Crippen LogP contribution in [-0.4, -0.2) is 94.5 Å². The van der Waals surface area contributed by atoms with Gasteiger partial charge < -0.3 is 30.2 Å². The molecule has 0 spiro atoms. The smallest absolute Gasteiger partial charge is 0.319 e. The molecule has 0 atom stereocenters. The van der Waals surface area contributed by atoms with Crippen molar-refractivity contribution < 1.29 is 28.1 Å². The van der Waals surface area contributed by atoms with E-state index in [-0.39, 0.29) is 23.6 Å². The van der Waals surface area contributed by atoms with Crippen LogP contribution in [0, 0.1) is 0 Å². The van der Waals surface area contributed by atoms with Crippen LogP contribution < -0.4 is 21.3 Å². The molecule has 0 aromatic heterocycles. The molecule has 0 heterocycles. The van der Waals surface area contributed by atoms with E-state index in [9.17, 15) is 19.2 Å². The monoisotopic (exact) mass is 658 g/mol. The molecule has 0 aliphatic carbocycles. The number of unbranched alkanes of at least 4 members (excludes halogenated alkanes) is 1. The van der Waals surface area contributed by atoms with Gasteiger partial charge in [0.25, 0.3) is 11.8 Å². The van der Waals surface area contributed by atoms with Crippen LogP contribution in [0.4, 0.5) is 10.5 Å². The number of rotatable bonds is 18. The first-order valence-electron chi connectivity index (χ1n) is 16.7. The van der Waals surface area contributed by atoms with Gasteiger partial charge in [0, 0.05) is 55.7 Å². The summed E-state index contributed by atoms with van der Waals surface area (Å²) in [5.41, 5.74) is 4.38. The summed E-state index contributed by atoms with van der Waals surface area (Å²) < 4.78 is 1.76. The highest BCUT2D eigenvalue weighted by Gasteiger charge is 2.12. The summed E-state index contributed by atoms with van der Waals surface area (Å²) >= 11 is 0. The van der Waals surface area contributed by atoms with Crippen molar-refractivity contribution in [2.75, 3.05) is 67.2 Å². The van der Waals surface area contributed by atoms with E-state index in [0.29, 0.717) is 49.3 Å². The molecule has 0 radical (unpaired) electrons. The Bertz CT molecular complexity index is 1370. The lowest BCUT2D eigenvalue weighted by Crippen LogP contribution is -2.38. The maximum absolute atomic E-state index is 12.7. The molecule has 3 rings (SSSR count). The van der Waals surface area contributed by atoms with Crippen molar-refractivity contribution in [3.63, 3.8) is 0 Å². The van der Waals surface area contributed by atoms with E-state index in [1.165, 1.54) is 0 Å². The molecule has 3 aromatic rings. The van der Waals surface area contributed by atoms with Gasteiger partial charge in [-0.25, -0.2) is 4.79 Å². The highest BCUT2D eigenvalue weighted by Crippen LogP contribution is 2.12. The number of ketones is 1. The molecule has 0 saturated carbocycles. The molecule has 4 amide bonds. The van der Waals surface area contributed by atoms with Crippen LogP contribution in [0.1, 0.15) is 63.1 Å². The number of anilines is 1. The predicted octanol–water partition coefficient (Wildman–Crippen LogP) is 4.75. The first-order valence-corrected chi connectivity index (χ1v) is 16.7. The zero-order valence-corrected chi connectivity index (χ0v) is 29.5. The number of nitrogens with one attached hydrogen (secondary N) is 4. The van der Waals surface area contributed by atoms with Crippen molar-refractivity contribution >= 4 is 29.3 Å². The second kappa shape index (κ2) is 18.1. The van der Waals surface area contributed by atoms with Crippen LogP contribution >= 0.6 is 0 Å². The van der Waals surface area contributed by atoms with E-state index in [1.54, 1.807) is 36.4 Å². The van der Waals surface area contributed by atoms with Gasteiger partial charge in [0.05, 0.1) is 55.4 Å². The van der Waals surface area contributed by atoms with Crippen molar-refractivity contribution in [2.24, 2.45) is 0 Å². The molecule has 0 aliphatic heterocycles. The number of carbonyl (C=O) groups excluding carboxylic acids is 4. The van der Waals surface area contributed by atoms with E-state index >= 15 is 0 Å². The van der Waals surface area contributed by atoms with Gasteiger partial charge in [-0.15, -0.1) is 0 Å². The summed E-state index contributed by atoms with van der Waals surface area (Å²) in [4.78, 5) is 49.9. The SMILES string of the molecule is C[N+](C)(C)CCCCC(=O)Cc1ccc(CNC(=O)c2ccc(C(=O)NCc3ccc(NC(=O)NCCC[N+](C)(C)C)cc3)cc2)cc1. The maximum atomic E-state index is 12.7. The summed E-state index contributed by atoms with van der Waals surface area (Å²) in [6.07, 6.45) is 3.88. The maximum Gasteiger partial charge on any atom is 0.319 e. The minimum absolute atomic E-state index is 0.235. The average Bonchev–Trinajstić information content (AvgIpc) is 3.03. The third-order valence-corrected chi connectivity index (χ3v) is 7.78. The molecule has 0 fully saturated rings. The predicted molar refractivity (Wildman–Crippen MR) is 192 cm³/mol. The number of Topliss-reactive ketones (excluding diaryl/α,β-unsaturated/α-hetero) is 1. The Kier molecular flexibility index (Phi) is 14.3. The van der Waals surface area contributed by atoms with E-state index in [0.717, 1.165) is 58.0 Å². The van der Waals surface area contributed by atoms with Crippen molar-refractivity contribution in [1.82, 2.24) is 16.0 Å². The molecule has 0 unspecified atom stereocenters. The fourth-order valence-corrected chi connectivity index (χ4v) is 4.98. The molecule has 10 nitrogen and oxygen atoms in total. The van der Waals surface area contributed by atoms with Gasteiger partial charge >= 0.3 is 6.03 Å². The minimum Gasteiger partial charge on any atom is -0.348 e. The number of amides is 4. The lowest BCUT2D eigenvalue weighted by molar-refractivity contribution is -0.870. The lowest BCUT2D eigenvalue weighted by Gasteiger charge is -2.23. The van der Waals surface area contributed by atoms with Crippen LogP contribution in [0.25, 0.3) is 0 Å². The first-order chi connectivity index (χ1) is 22.7. The van der Waals surface area contributed by atoms with E-state index in [2.05, 4.69) is 63.6 Å². The Labute approximate surface area is 286 Å². The molecule has 3 aromatic carbocycles. The van der Waals surface area contributed by atoms with Gasteiger partial charge in [0.15, 0.2) is 0 Å². The zero-order valence-electron chi connectivity index (χ0n) is 29.5. The fourth-order valence-electron chi connectivity index (χ4n) is 4.98. The Balaban J connectivity index is 1.36. The van der Waals surface area contributed by atoms with Crippen molar-refractivity contribution in [2.45, 2.75) is 45.2 Å². The van der Waals surface area contributed by atoms with Crippen molar-refractivity contribution in [3.05, 3.63) is 101 Å². The van der Waals surface area contributed by atoms with Crippen LogP contribution in [0.2, 0.25) is 0 Å². The molecule has 258 valence electrons. The second-order valence-electron chi connectivity index (χ2n) is 14.4. The number of quaternary nitrogens is 2. The summed E-state index contributed by atoms with van der Waals surface area (Å²) in [5.74, 6) is -0.234. The number of hydrogen-bond acceptors (Lipinski definition) is 4. The first kappa shape index (κ1) is 37.9. The van der Waals surface area contributed by atoms with Gasteiger partial charge in [-0.1, -0.05) is 36.4 Å². The van der Waals surface area contributed by atoms with Gasteiger partial charge in [-0.05, 0) is 65.9 Å². The molecular weight excluding hydrogens is 604 g/mol. The van der Waals surface area contributed by atoms with E-state index in [4.69, 9.17) is 0 Å². The Morgan fingerprint density at radius 2 is 1.00 bits per heavy atom. The molecule has 4 N–H and O–H groups in total. The minimum atomic E-state index is -0.250. The fraction of sp³-hybridized carbons (Fsp3) is 0.421. The van der Waals surface area contributed by atoms with Gasteiger partial charge in [0.2, 0.25) is 0 Å². The third-order valence-electron chi connectivity index (χ3n) is 7.78. The molecule has 48 heavy (non-hydrogen) atoms. The van der Waals surface area contributed by atoms with E-state index in [1.807, 2.05) is 36.4 Å². The standard InChI is InChI=1S/C38H52N6O4/c1-43(2,3)24-8-7-10-35(45)26-29-11-13-30(14-12-29)27-40-36(46)32-17-19-33(20-18-32)37(47)41-28-31-15-21-34(22-16-31)42-38(48)39-23-9-25-44(4,5)6/h11-22H,7-10,23-28H2,1-6H3,(H2-2,39,40,41,42,46,47,48)/p+2. The number of hydrogen-bond donors (Lipinski definition) is 4. The Morgan fingerprint density at radius 1 is 0.542 bits per heavy atom. The zero-order chi connectivity index (χ0) is 35.2. The second-order valence-corrected chi connectivity index (χ2v) is 14.4. The Hall–Kier alpha value is -4.54. The highest BCUT2D eigenvalue weighted by molar-refractivity contribution is 5.97. The van der Waals surface area contributed by atoms with Gasteiger partial charge in [-0.3, -0.25) is 14.4 Å². The summed E-state index contributed by atoms with van der Waals surface area (Å²) in [7, 11) is 12.8. The van der Waals surface area contributed by atoms with Gasteiger partial charge in [0.1, 0.15) is 5.78 Å². The van der Waals surface area contributed by atoms with Crippen molar-refractivity contribution in [3.8, 4) is 0 Å². The number of benzene rings is 3. The summed E-state index contributed by atoms with van der Waals surface area (Å²) in [5, 5.41) is 11.5. The number of nitrogens with zero attached hydrogens (tertiary/aromatic N) is 2. The quantitative estimate of drug-likeness (QED) is 0.117. The normalized spacial score (nSPS) is 11.5. The van der Waals surface area contributed by atoms with E-state index < -0.39 is 0 Å². The van der Waals surface area contributed by atoms with Crippen LogP contribution in [0.5, 0.6) is 0 Å². The van der Waals surface area contributed by atoms with Crippen LogP contribution in [-0.2, 0) is 24.3 Å². The Morgan fingerprint density at radius 3 is 1.50 bits per heavy atom. The highest BCUT2D eigenvalue weighted by atomic mass is 16.2. The number of carbonyl (C=O) groups is 4. The molecule has 10 heteroatoms. The molecule has 0 aliphatic rings. The molecular formula is C38H54N6O4+2.